The predicted octanol–water partition coefficient (Wildman–Crippen LogP) is 2.29. The minimum Gasteiger partial charge on any atom is -0.335 e. The number of hydrogen-bond acceptors (Lipinski definition) is 7. The maximum absolute atomic E-state index is 11.6. The number of rotatable bonds is 7. The first-order valence-corrected chi connectivity index (χ1v) is 9.15. The molecule has 9 heteroatoms. The largest absolute Gasteiger partial charge is 0.335 e. The Labute approximate surface area is 135 Å². The van der Waals surface area contributed by atoms with Gasteiger partial charge in [-0.3, -0.25) is 10.1 Å². The molecule has 2 rings (SSSR count). The van der Waals surface area contributed by atoms with Crippen molar-refractivity contribution in [1.29, 1.82) is 0 Å². The molecule has 0 spiro atoms. The Morgan fingerprint density at radius 3 is 2.48 bits per heavy atom. The molecule has 0 bridgehead atoms. The van der Waals surface area contributed by atoms with Gasteiger partial charge in [0, 0.05) is 11.8 Å². The van der Waals surface area contributed by atoms with E-state index < -0.39 is 6.03 Å². The smallest absolute Gasteiger partial charge is 0.321 e. The quantitative estimate of drug-likeness (QED) is 0.583. The Balaban J connectivity index is 1.68. The van der Waals surface area contributed by atoms with E-state index in [1.54, 1.807) is 11.8 Å². The highest BCUT2D eigenvalue weighted by Gasteiger charge is 2.23. The van der Waals surface area contributed by atoms with Crippen LogP contribution < -0.4 is 10.6 Å². The summed E-state index contributed by atoms with van der Waals surface area (Å²) in [6, 6.07) is -0.181. The second-order valence-corrected chi connectivity index (χ2v) is 8.09. The van der Waals surface area contributed by atoms with Gasteiger partial charge in [0.05, 0.1) is 5.75 Å². The number of imide groups is 1. The van der Waals surface area contributed by atoms with Crippen LogP contribution in [0.25, 0.3) is 0 Å². The van der Waals surface area contributed by atoms with Gasteiger partial charge in [0.25, 0.3) is 0 Å². The van der Waals surface area contributed by atoms with Gasteiger partial charge in [-0.15, -0.1) is 10.2 Å². The summed E-state index contributed by atoms with van der Waals surface area (Å²) >= 11 is 4.29. The Morgan fingerprint density at radius 1 is 1.29 bits per heavy atom. The summed E-state index contributed by atoms with van der Waals surface area (Å²) in [5.41, 5.74) is 1.07. The van der Waals surface area contributed by atoms with Gasteiger partial charge in [-0.25, -0.2) is 4.79 Å². The fraction of sp³-hybridized carbons (Fsp3) is 0.500. The first-order chi connectivity index (χ1) is 10.0. The zero-order valence-electron chi connectivity index (χ0n) is 11.5. The van der Waals surface area contributed by atoms with Crippen molar-refractivity contribution in [2.45, 2.75) is 34.5 Å². The highest BCUT2D eigenvalue weighted by molar-refractivity contribution is 8.03. The zero-order chi connectivity index (χ0) is 15.2. The van der Waals surface area contributed by atoms with Crippen molar-refractivity contribution in [3.05, 3.63) is 12.2 Å². The van der Waals surface area contributed by atoms with Crippen LogP contribution in [0.15, 0.2) is 20.8 Å². The fourth-order valence-electron chi connectivity index (χ4n) is 1.24. The molecule has 114 valence electrons. The second kappa shape index (κ2) is 7.81. The van der Waals surface area contributed by atoms with E-state index >= 15 is 0 Å². The average Bonchev–Trinajstić information content (AvgIpc) is 3.10. The molecule has 1 fully saturated rings. The van der Waals surface area contributed by atoms with E-state index in [2.05, 4.69) is 27.4 Å². The van der Waals surface area contributed by atoms with Crippen LogP contribution in [0, 0.1) is 0 Å². The first-order valence-electron chi connectivity index (χ1n) is 6.37. The van der Waals surface area contributed by atoms with Gasteiger partial charge in [-0.1, -0.05) is 47.0 Å². The maximum Gasteiger partial charge on any atom is 0.321 e. The highest BCUT2D eigenvalue weighted by atomic mass is 32.2. The highest BCUT2D eigenvalue weighted by Crippen LogP contribution is 2.29. The molecule has 1 heterocycles. The summed E-state index contributed by atoms with van der Waals surface area (Å²) in [4.78, 5) is 23.0. The molecule has 1 aliphatic rings. The predicted molar refractivity (Wildman–Crippen MR) is 85.9 cm³/mol. The minimum atomic E-state index is -0.418. The molecule has 21 heavy (non-hydrogen) atoms. The lowest BCUT2D eigenvalue weighted by molar-refractivity contribution is -0.117. The molecule has 1 saturated carbocycles. The third kappa shape index (κ3) is 6.49. The van der Waals surface area contributed by atoms with Gasteiger partial charge in [0.1, 0.15) is 0 Å². The van der Waals surface area contributed by atoms with Crippen LogP contribution >= 0.6 is 34.9 Å². The molecule has 0 aromatic carbocycles. The maximum atomic E-state index is 11.6. The summed E-state index contributed by atoms with van der Waals surface area (Å²) in [6.45, 7) is 5.79. The summed E-state index contributed by atoms with van der Waals surface area (Å²) in [7, 11) is 0. The number of nitrogens with zero attached hydrogens (tertiary/aromatic N) is 2. The van der Waals surface area contributed by atoms with Crippen molar-refractivity contribution < 1.29 is 9.59 Å². The van der Waals surface area contributed by atoms with Crippen LogP contribution in [-0.4, -0.2) is 39.7 Å². The van der Waals surface area contributed by atoms with E-state index in [0.717, 1.165) is 32.8 Å². The number of thioether (sulfide) groups is 2. The molecule has 0 saturated heterocycles. The van der Waals surface area contributed by atoms with Crippen molar-refractivity contribution >= 4 is 46.8 Å². The summed E-state index contributed by atoms with van der Waals surface area (Å²) in [5, 5.41) is 13.0. The Kier molecular flexibility index (Phi) is 6.07. The van der Waals surface area contributed by atoms with E-state index in [9.17, 15) is 9.59 Å². The molecule has 2 N–H and O–H groups in total. The van der Waals surface area contributed by atoms with Gasteiger partial charge in [0.2, 0.25) is 5.91 Å². The number of carbonyl (C=O) groups is 2. The lowest BCUT2D eigenvalue weighted by Crippen LogP contribution is -2.41. The van der Waals surface area contributed by atoms with Gasteiger partial charge < -0.3 is 5.32 Å². The number of urea groups is 1. The number of aromatic nitrogens is 2. The lowest BCUT2D eigenvalue weighted by Gasteiger charge is -2.03. The third-order valence-corrected chi connectivity index (χ3v) is 5.74. The van der Waals surface area contributed by atoms with Crippen LogP contribution in [0.2, 0.25) is 0 Å². The van der Waals surface area contributed by atoms with E-state index in [4.69, 9.17) is 0 Å². The van der Waals surface area contributed by atoms with E-state index in [1.165, 1.54) is 23.1 Å². The lowest BCUT2D eigenvalue weighted by atomic mass is 10.4. The van der Waals surface area contributed by atoms with Crippen molar-refractivity contribution in [3.63, 3.8) is 0 Å². The Bertz CT molecular complexity index is 542. The van der Waals surface area contributed by atoms with E-state index in [0.29, 0.717) is 0 Å². The number of amides is 3. The second-order valence-electron chi connectivity index (χ2n) is 4.66. The van der Waals surface area contributed by atoms with Crippen molar-refractivity contribution in [1.82, 2.24) is 20.8 Å². The number of hydrogen-bond donors (Lipinski definition) is 2. The summed E-state index contributed by atoms with van der Waals surface area (Å²) < 4.78 is 1.57. The van der Waals surface area contributed by atoms with Crippen molar-refractivity contribution in [3.8, 4) is 0 Å². The van der Waals surface area contributed by atoms with Crippen LogP contribution in [0.3, 0.4) is 0 Å². The van der Waals surface area contributed by atoms with Gasteiger partial charge >= 0.3 is 6.03 Å². The molecule has 0 aliphatic heterocycles. The number of carbonyl (C=O) groups excluding carboxylic acids is 2. The van der Waals surface area contributed by atoms with Crippen molar-refractivity contribution in [2.24, 2.45) is 0 Å². The van der Waals surface area contributed by atoms with Gasteiger partial charge in [0.15, 0.2) is 8.68 Å². The SMILES string of the molecule is C=C(C)CSc1nnc(SCC(=O)NC(=O)NC2CC2)s1. The molecule has 1 aromatic heterocycles. The molecule has 1 aromatic rings. The Morgan fingerprint density at radius 2 is 1.90 bits per heavy atom. The normalized spacial score (nSPS) is 13.8. The summed E-state index contributed by atoms with van der Waals surface area (Å²) in [5.74, 6) is 0.628. The molecular weight excluding hydrogens is 328 g/mol. The van der Waals surface area contributed by atoms with Crippen LogP contribution in [-0.2, 0) is 4.79 Å². The van der Waals surface area contributed by atoms with Gasteiger partial charge in [-0.05, 0) is 19.8 Å². The fourth-order valence-corrected chi connectivity index (χ4v) is 3.90. The monoisotopic (exact) mass is 344 g/mol. The van der Waals surface area contributed by atoms with Crippen LogP contribution in [0.5, 0.6) is 0 Å². The van der Waals surface area contributed by atoms with E-state index in [-0.39, 0.29) is 17.7 Å². The molecule has 0 radical (unpaired) electrons. The molecule has 3 amide bonds. The summed E-state index contributed by atoms with van der Waals surface area (Å²) in [6.07, 6.45) is 1.98. The van der Waals surface area contributed by atoms with Crippen LogP contribution in [0.1, 0.15) is 19.8 Å². The third-order valence-electron chi connectivity index (χ3n) is 2.32. The topological polar surface area (TPSA) is 84.0 Å². The first kappa shape index (κ1) is 16.3. The Hall–Kier alpha value is -1.06. The van der Waals surface area contributed by atoms with Gasteiger partial charge in [-0.2, -0.15) is 0 Å². The standard InChI is InChI=1S/C12H16N4O2S3/c1-7(2)5-19-11-15-16-12(21-11)20-6-9(17)14-10(18)13-8-3-4-8/h8H,1,3-6H2,2H3,(H2,13,14,17,18). The van der Waals surface area contributed by atoms with E-state index in [1.807, 2.05) is 6.92 Å². The molecule has 0 atom stereocenters. The van der Waals surface area contributed by atoms with Crippen LogP contribution in [0.4, 0.5) is 4.79 Å². The number of nitrogens with one attached hydrogen (secondary N) is 2. The van der Waals surface area contributed by atoms with Crippen molar-refractivity contribution in [2.75, 3.05) is 11.5 Å². The average molecular weight is 344 g/mol. The minimum absolute atomic E-state index is 0.151. The zero-order valence-corrected chi connectivity index (χ0v) is 14.0. The molecule has 6 nitrogen and oxygen atoms in total. The molecular formula is C12H16N4O2S3. The molecule has 0 unspecified atom stereocenters. The molecule has 1 aliphatic carbocycles.